The molecule has 2 N–H and O–H groups in total. The van der Waals surface area contributed by atoms with Crippen molar-refractivity contribution in [3.8, 4) is 0 Å². The van der Waals surface area contributed by atoms with Crippen LogP contribution in [-0.2, 0) is 27.0 Å². The van der Waals surface area contributed by atoms with Gasteiger partial charge >= 0.3 is 5.97 Å². The van der Waals surface area contributed by atoms with E-state index < -0.39 is 21.2 Å². The number of rotatable bonds is 1. The Labute approximate surface area is 123 Å². The van der Waals surface area contributed by atoms with Gasteiger partial charge in [0.05, 0.1) is 0 Å². The molecule has 1 aliphatic heterocycles. The molecule has 0 bridgehead atoms. The van der Waals surface area contributed by atoms with Gasteiger partial charge in [0.15, 0.2) is 0 Å². The van der Waals surface area contributed by atoms with Crippen LogP contribution in [0.25, 0.3) is 0 Å². The number of aliphatic carboxylic acids is 1. The second-order valence-corrected chi connectivity index (χ2v) is 5.95. The third-order valence-electron chi connectivity index (χ3n) is 2.38. The van der Waals surface area contributed by atoms with Crippen molar-refractivity contribution in [3.05, 3.63) is 35.4 Å². The van der Waals surface area contributed by atoms with Gasteiger partial charge in [-0.15, -0.1) is 12.4 Å². The van der Waals surface area contributed by atoms with Gasteiger partial charge in [0.1, 0.15) is 6.04 Å². The lowest BCUT2D eigenvalue weighted by Crippen LogP contribution is -2.41. The molecule has 8 heteroatoms. The largest absolute Gasteiger partial charge is 0.480 e. The molecule has 1 aromatic carbocycles. The molecule has 1 heterocycles. The molecule has 4 nitrogen and oxygen atoms in total. The Hall–Kier alpha value is -0.330. The molecule has 18 heavy (non-hydrogen) atoms. The minimum absolute atomic E-state index is 0. The first-order valence-electron chi connectivity index (χ1n) is 4.78. The highest BCUT2D eigenvalue weighted by molar-refractivity contribution is 8.26. The van der Waals surface area contributed by atoms with Crippen LogP contribution in [0.2, 0.25) is 0 Å². The Morgan fingerprint density at radius 2 is 1.83 bits per heavy atom. The molecule has 2 rings (SSSR count). The predicted molar refractivity (Wildman–Crippen MR) is 75.5 cm³/mol. The maximum Gasteiger partial charge on any atom is 0.321 e. The zero-order valence-electron chi connectivity index (χ0n) is 9.14. The molecule has 1 atom stereocenters. The van der Waals surface area contributed by atoms with Crippen LogP contribution in [0.5, 0.6) is 0 Å². The number of hydrogen-bond donors (Lipinski definition) is 2. The summed E-state index contributed by atoms with van der Waals surface area (Å²) in [4.78, 5) is 10.7. The summed E-state index contributed by atoms with van der Waals surface area (Å²) in [5, 5.41) is 11.8. The average Bonchev–Trinajstić information content (AvgIpc) is 2.27. The van der Waals surface area contributed by atoms with E-state index in [1.54, 1.807) is 0 Å². The predicted octanol–water partition coefficient (Wildman–Crippen LogP) is 2.25. The van der Waals surface area contributed by atoms with E-state index in [9.17, 15) is 4.79 Å². The summed E-state index contributed by atoms with van der Waals surface area (Å²) in [5.74, 6) is -0.769. The molecule has 0 saturated carbocycles. The number of hydrogen-bond acceptors (Lipinski definition) is 3. The Balaban J connectivity index is 0.000000512. The van der Waals surface area contributed by atoms with Crippen LogP contribution in [0.3, 0.4) is 0 Å². The van der Waals surface area contributed by atoms with E-state index >= 15 is 0 Å². The van der Waals surface area contributed by atoms with Crippen LogP contribution in [-0.4, -0.2) is 21.3 Å². The maximum absolute atomic E-state index is 10.7. The third-order valence-corrected chi connectivity index (χ3v) is 2.38. The van der Waals surface area contributed by atoms with Gasteiger partial charge in [-0.2, -0.15) is 0 Å². The number of carbonyl (C=O) groups is 1. The molecule has 102 valence electrons. The zero-order valence-corrected chi connectivity index (χ0v) is 12.3. The first-order chi connectivity index (χ1) is 8.00. The Morgan fingerprint density at radius 1 is 1.33 bits per heavy atom. The molecule has 0 fully saturated rings. The minimum atomic E-state index is -1.67. The van der Waals surface area contributed by atoms with Crippen LogP contribution in [0.15, 0.2) is 24.3 Å². The van der Waals surface area contributed by atoms with Gasteiger partial charge in [-0.1, -0.05) is 24.3 Å². The summed E-state index contributed by atoms with van der Waals surface area (Å²) in [6.45, 7) is 0.660. The van der Waals surface area contributed by atoms with E-state index in [1.165, 1.54) is 5.56 Å². The smallest absolute Gasteiger partial charge is 0.321 e. The lowest BCUT2D eigenvalue weighted by Gasteiger charge is -2.22. The summed E-state index contributed by atoms with van der Waals surface area (Å²) >= 11 is 0. The lowest BCUT2D eigenvalue weighted by atomic mass is 9.96. The highest BCUT2D eigenvalue weighted by Crippen LogP contribution is 2.15. The molecular formula is C10H12Cl3NO3S. The quantitative estimate of drug-likeness (QED) is 0.774. The number of benzene rings is 1. The Kier molecular flexibility index (Phi) is 8.56. The van der Waals surface area contributed by atoms with E-state index in [4.69, 9.17) is 9.32 Å². The van der Waals surface area contributed by atoms with E-state index in [-0.39, 0.29) is 12.4 Å². The van der Waals surface area contributed by atoms with Gasteiger partial charge in [-0.3, -0.25) is 4.79 Å². The first kappa shape index (κ1) is 17.7. The normalized spacial score (nSPS) is 16.9. The van der Waals surface area contributed by atoms with Crippen molar-refractivity contribution in [3.63, 3.8) is 0 Å². The van der Waals surface area contributed by atoms with E-state index in [2.05, 4.69) is 26.7 Å². The fraction of sp³-hybridized carbons (Fsp3) is 0.300. The lowest BCUT2D eigenvalue weighted by molar-refractivity contribution is -0.139. The molecule has 1 aliphatic rings. The topological polar surface area (TPSA) is 66.4 Å². The molecule has 0 aliphatic carbocycles. The zero-order chi connectivity index (χ0) is 12.8. The van der Waals surface area contributed by atoms with Gasteiger partial charge < -0.3 is 10.4 Å². The molecule has 1 unspecified atom stereocenters. The van der Waals surface area contributed by atoms with Crippen molar-refractivity contribution in [2.45, 2.75) is 19.0 Å². The fourth-order valence-corrected chi connectivity index (χ4v) is 1.63. The molecule has 0 aromatic heterocycles. The van der Waals surface area contributed by atoms with Crippen LogP contribution in [0.1, 0.15) is 11.1 Å². The number of fused-ring (bicyclic) bond motifs is 1. The Bertz CT molecular complexity index is 427. The molecule has 0 saturated heterocycles. The first-order valence-corrected chi connectivity index (χ1v) is 7.58. The standard InChI is InChI=1S/C10H11NO2.Cl2OS.ClH/c12-10(13)9-5-7-3-1-2-4-8(7)6-11-9;1-4(2)3;/h1-4,9,11H,5-6H2,(H,12,13);;1H. The maximum atomic E-state index is 10.7. The summed E-state index contributed by atoms with van der Waals surface area (Å²) in [7, 11) is 7.36. The van der Waals surface area contributed by atoms with E-state index in [0.717, 1.165) is 5.56 Å². The molecule has 0 amide bonds. The van der Waals surface area contributed by atoms with Gasteiger partial charge in [0.2, 0.25) is 9.23 Å². The summed E-state index contributed by atoms with van der Waals surface area (Å²) in [5.41, 5.74) is 2.36. The second kappa shape index (κ2) is 8.72. The highest BCUT2D eigenvalue weighted by atomic mass is 36.0. The molecule has 0 spiro atoms. The highest BCUT2D eigenvalue weighted by Gasteiger charge is 2.22. The van der Waals surface area contributed by atoms with Gasteiger partial charge in [0.25, 0.3) is 0 Å². The van der Waals surface area contributed by atoms with Crippen LogP contribution >= 0.6 is 33.8 Å². The number of carboxylic acid groups (broad SMARTS) is 1. The fourth-order valence-electron chi connectivity index (χ4n) is 1.63. The second-order valence-electron chi connectivity index (χ2n) is 3.43. The molecular weight excluding hydrogens is 321 g/mol. The van der Waals surface area contributed by atoms with Crippen LogP contribution < -0.4 is 5.32 Å². The van der Waals surface area contributed by atoms with Crippen LogP contribution in [0.4, 0.5) is 0 Å². The molecule has 1 aromatic rings. The van der Waals surface area contributed by atoms with Gasteiger partial charge in [0, 0.05) is 27.9 Å². The van der Waals surface area contributed by atoms with E-state index in [1.807, 2.05) is 24.3 Å². The van der Waals surface area contributed by atoms with Crippen molar-refractivity contribution in [1.29, 1.82) is 0 Å². The average molecular weight is 333 g/mol. The van der Waals surface area contributed by atoms with E-state index in [0.29, 0.717) is 13.0 Å². The van der Waals surface area contributed by atoms with Crippen molar-refractivity contribution in [1.82, 2.24) is 5.32 Å². The monoisotopic (exact) mass is 331 g/mol. The summed E-state index contributed by atoms with van der Waals surface area (Å²) < 4.78 is 9.09. The third kappa shape index (κ3) is 6.02. The summed E-state index contributed by atoms with van der Waals surface area (Å²) in [6, 6.07) is 7.52. The van der Waals surface area contributed by atoms with Crippen molar-refractivity contribution in [2.75, 3.05) is 0 Å². The molecule has 0 radical (unpaired) electrons. The number of halogens is 3. The Morgan fingerprint density at radius 3 is 2.33 bits per heavy atom. The SMILES string of the molecule is Cl.O=C(O)C1Cc2ccccc2CN1.O=S(Cl)Cl. The minimum Gasteiger partial charge on any atom is -0.480 e. The number of nitrogens with one attached hydrogen (secondary N) is 1. The van der Waals surface area contributed by atoms with Gasteiger partial charge in [-0.05, 0) is 17.5 Å². The van der Waals surface area contributed by atoms with Gasteiger partial charge in [-0.25, -0.2) is 4.21 Å². The van der Waals surface area contributed by atoms with Crippen LogP contribution in [0, 0.1) is 0 Å². The number of carboxylic acids is 1. The summed E-state index contributed by atoms with van der Waals surface area (Å²) in [6.07, 6.45) is 0.589. The van der Waals surface area contributed by atoms with Crippen molar-refractivity contribution in [2.24, 2.45) is 0 Å². The van der Waals surface area contributed by atoms with Crippen molar-refractivity contribution >= 4 is 49.0 Å². The van der Waals surface area contributed by atoms with Crippen molar-refractivity contribution < 1.29 is 14.1 Å².